The van der Waals surface area contributed by atoms with E-state index in [2.05, 4.69) is 5.32 Å². The maximum atomic E-state index is 13.4. The van der Waals surface area contributed by atoms with Gasteiger partial charge in [-0.15, -0.1) is 0 Å². The van der Waals surface area contributed by atoms with Gasteiger partial charge in [-0.2, -0.15) is 0 Å². The average Bonchev–Trinajstić information content (AvgIpc) is 2.29. The number of aliphatic hydroxyl groups excluding tert-OH is 1. The summed E-state index contributed by atoms with van der Waals surface area (Å²) in [5.74, 6) is -0.426. The van der Waals surface area contributed by atoms with Gasteiger partial charge in [-0.05, 0) is 25.8 Å². The van der Waals surface area contributed by atoms with Gasteiger partial charge in [-0.3, -0.25) is 4.79 Å². The first kappa shape index (κ1) is 13.6. The zero-order chi connectivity index (χ0) is 12.7. The van der Waals surface area contributed by atoms with Crippen molar-refractivity contribution in [3.05, 3.63) is 35.6 Å². The van der Waals surface area contributed by atoms with E-state index in [1.807, 2.05) is 0 Å². The van der Waals surface area contributed by atoms with E-state index in [1.54, 1.807) is 25.1 Å². The topological polar surface area (TPSA) is 49.3 Å². The van der Waals surface area contributed by atoms with E-state index in [1.165, 1.54) is 6.07 Å². The first-order valence-electron chi connectivity index (χ1n) is 5.79. The number of amides is 1. The first-order valence-corrected chi connectivity index (χ1v) is 5.79. The van der Waals surface area contributed by atoms with Crippen LogP contribution in [0.4, 0.5) is 4.39 Å². The summed E-state index contributed by atoms with van der Waals surface area (Å²) in [4.78, 5) is 11.5. The highest BCUT2D eigenvalue weighted by atomic mass is 19.1. The number of hydrogen-bond donors (Lipinski definition) is 2. The molecule has 0 bridgehead atoms. The zero-order valence-corrected chi connectivity index (χ0v) is 9.95. The highest BCUT2D eigenvalue weighted by Crippen LogP contribution is 2.16. The normalized spacial score (nSPS) is 12.2. The molecule has 1 atom stereocenters. The molecule has 0 heterocycles. The second kappa shape index (κ2) is 7.01. The minimum Gasteiger partial charge on any atom is -0.396 e. The molecule has 1 aromatic carbocycles. The molecule has 2 N–H and O–H groups in total. The van der Waals surface area contributed by atoms with Crippen molar-refractivity contribution in [2.45, 2.75) is 32.2 Å². The summed E-state index contributed by atoms with van der Waals surface area (Å²) in [6.07, 6.45) is 1.62. The molecule has 1 unspecified atom stereocenters. The lowest BCUT2D eigenvalue weighted by Gasteiger charge is -2.14. The van der Waals surface area contributed by atoms with Crippen molar-refractivity contribution in [1.29, 1.82) is 0 Å². The summed E-state index contributed by atoms with van der Waals surface area (Å²) in [6.45, 7) is 1.85. The molecule has 4 heteroatoms. The maximum absolute atomic E-state index is 13.4. The van der Waals surface area contributed by atoms with Crippen LogP contribution in [0.15, 0.2) is 24.3 Å². The van der Waals surface area contributed by atoms with Crippen LogP contribution in [0, 0.1) is 5.82 Å². The summed E-state index contributed by atoms with van der Waals surface area (Å²) in [6, 6.07) is 6.07. The van der Waals surface area contributed by atoms with Gasteiger partial charge in [0.15, 0.2) is 0 Å². The van der Waals surface area contributed by atoms with Crippen molar-refractivity contribution in [2.75, 3.05) is 6.61 Å². The van der Waals surface area contributed by atoms with Gasteiger partial charge in [0.05, 0.1) is 6.04 Å². The Bertz CT molecular complexity index is 368. The molecule has 0 aromatic heterocycles. The van der Waals surface area contributed by atoms with Crippen LogP contribution in [0.25, 0.3) is 0 Å². The molecule has 94 valence electrons. The second-order valence-corrected chi connectivity index (χ2v) is 3.99. The monoisotopic (exact) mass is 239 g/mol. The molecule has 0 aliphatic rings. The van der Waals surface area contributed by atoms with E-state index >= 15 is 0 Å². The Kier molecular flexibility index (Phi) is 5.63. The molecule has 1 aromatic rings. The van der Waals surface area contributed by atoms with E-state index in [0.717, 1.165) is 0 Å². The molecule has 0 spiro atoms. The van der Waals surface area contributed by atoms with Gasteiger partial charge in [0.1, 0.15) is 5.82 Å². The minimum absolute atomic E-state index is 0.0934. The van der Waals surface area contributed by atoms with Crippen molar-refractivity contribution in [3.8, 4) is 0 Å². The van der Waals surface area contributed by atoms with Crippen LogP contribution in [-0.4, -0.2) is 17.6 Å². The number of rotatable bonds is 6. The Morgan fingerprint density at radius 3 is 2.76 bits per heavy atom. The van der Waals surface area contributed by atoms with Crippen molar-refractivity contribution >= 4 is 5.91 Å². The lowest BCUT2D eigenvalue weighted by atomic mass is 10.1. The van der Waals surface area contributed by atoms with E-state index < -0.39 is 0 Å². The van der Waals surface area contributed by atoms with Gasteiger partial charge in [0.25, 0.3) is 0 Å². The van der Waals surface area contributed by atoms with Crippen molar-refractivity contribution in [3.63, 3.8) is 0 Å². The summed E-state index contributed by atoms with van der Waals surface area (Å²) in [5, 5.41) is 11.3. The number of nitrogens with one attached hydrogen (secondary N) is 1. The summed E-state index contributed by atoms with van der Waals surface area (Å²) < 4.78 is 13.4. The second-order valence-electron chi connectivity index (χ2n) is 3.99. The van der Waals surface area contributed by atoms with Gasteiger partial charge in [0, 0.05) is 18.6 Å². The van der Waals surface area contributed by atoms with Crippen LogP contribution in [0.5, 0.6) is 0 Å². The molecule has 0 fully saturated rings. The molecule has 0 saturated heterocycles. The molecule has 0 radical (unpaired) electrons. The quantitative estimate of drug-likeness (QED) is 0.747. The number of carbonyl (C=O) groups excluding carboxylic acids is 1. The summed E-state index contributed by atoms with van der Waals surface area (Å²) in [5.41, 5.74) is 0.489. The first-order chi connectivity index (χ1) is 8.15. The van der Waals surface area contributed by atoms with Gasteiger partial charge < -0.3 is 10.4 Å². The van der Waals surface area contributed by atoms with E-state index in [4.69, 9.17) is 5.11 Å². The Morgan fingerprint density at radius 1 is 1.41 bits per heavy atom. The molecule has 1 amide bonds. The van der Waals surface area contributed by atoms with Crippen molar-refractivity contribution in [2.24, 2.45) is 0 Å². The van der Waals surface area contributed by atoms with Crippen LogP contribution in [0.3, 0.4) is 0 Å². The number of hydrogen-bond acceptors (Lipinski definition) is 2. The fraction of sp³-hybridized carbons (Fsp3) is 0.462. The maximum Gasteiger partial charge on any atom is 0.220 e. The van der Waals surface area contributed by atoms with Crippen LogP contribution >= 0.6 is 0 Å². The van der Waals surface area contributed by atoms with E-state index in [0.29, 0.717) is 24.8 Å². The molecule has 0 saturated carbocycles. The molecule has 3 nitrogen and oxygen atoms in total. The van der Waals surface area contributed by atoms with Gasteiger partial charge >= 0.3 is 0 Å². The lowest BCUT2D eigenvalue weighted by Crippen LogP contribution is -2.26. The van der Waals surface area contributed by atoms with Crippen LogP contribution in [-0.2, 0) is 4.79 Å². The fourth-order valence-corrected chi connectivity index (χ4v) is 1.62. The molecule has 0 aliphatic heterocycles. The SMILES string of the molecule is CC(NC(=O)CCCCO)c1ccccc1F. The Labute approximate surface area is 101 Å². The average molecular weight is 239 g/mol. The van der Waals surface area contributed by atoms with E-state index in [-0.39, 0.29) is 24.4 Å². The summed E-state index contributed by atoms with van der Waals surface area (Å²) in [7, 11) is 0. The molecular weight excluding hydrogens is 221 g/mol. The molecule has 17 heavy (non-hydrogen) atoms. The number of aliphatic hydroxyl groups is 1. The largest absolute Gasteiger partial charge is 0.396 e. The third kappa shape index (κ3) is 4.53. The van der Waals surface area contributed by atoms with Crippen LogP contribution in [0.1, 0.15) is 37.8 Å². The van der Waals surface area contributed by atoms with Crippen molar-refractivity contribution < 1.29 is 14.3 Å². The highest BCUT2D eigenvalue weighted by Gasteiger charge is 2.12. The predicted octanol–water partition coefficient (Wildman–Crippen LogP) is 2.17. The van der Waals surface area contributed by atoms with Gasteiger partial charge in [-0.25, -0.2) is 4.39 Å². The Morgan fingerprint density at radius 2 is 2.12 bits per heavy atom. The molecular formula is C13H18FNO2. The van der Waals surface area contributed by atoms with E-state index in [9.17, 15) is 9.18 Å². The summed E-state index contributed by atoms with van der Waals surface area (Å²) >= 11 is 0. The predicted molar refractivity (Wildman–Crippen MR) is 63.9 cm³/mol. The lowest BCUT2D eigenvalue weighted by molar-refractivity contribution is -0.121. The number of carbonyl (C=O) groups is 1. The third-order valence-corrected chi connectivity index (χ3v) is 2.56. The van der Waals surface area contributed by atoms with Crippen LogP contribution in [0.2, 0.25) is 0 Å². The Balaban J connectivity index is 2.46. The fourth-order valence-electron chi connectivity index (χ4n) is 1.62. The standard InChI is InChI=1S/C13H18FNO2/c1-10(11-6-2-3-7-12(11)14)15-13(17)8-4-5-9-16/h2-3,6-7,10,16H,4-5,8-9H2,1H3,(H,15,17). The number of unbranched alkanes of at least 4 members (excludes halogenated alkanes) is 1. The Hall–Kier alpha value is -1.42. The van der Waals surface area contributed by atoms with Crippen LogP contribution < -0.4 is 5.32 Å². The minimum atomic E-state index is -0.335. The number of benzene rings is 1. The smallest absolute Gasteiger partial charge is 0.220 e. The van der Waals surface area contributed by atoms with Gasteiger partial charge in [-0.1, -0.05) is 18.2 Å². The highest BCUT2D eigenvalue weighted by molar-refractivity contribution is 5.76. The molecule has 1 rings (SSSR count). The van der Waals surface area contributed by atoms with Gasteiger partial charge in [0.2, 0.25) is 5.91 Å². The third-order valence-electron chi connectivity index (χ3n) is 2.56. The molecule has 0 aliphatic carbocycles. The number of halogens is 1. The zero-order valence-electron chi connectivity index (χ0n) is 9.95. The van der Waals surface area contributed by atoms with Crippen molar-refractivity contribution in [1.82, 2.24) is 5.32 Å².